The molecule has 4 heterocycles. The molecule has 4 rings (SSSR count). The number of rotatable bonds is 4. The van der Waals surface area contributed by atoms with Crippen LogP contribution in [0.2, 0.25) is 0 Å². The van der Waals surface area contributed by atoms with Gasteiger partial charge in [-0.15, -0.1) is 0 Å². The van der Waals surface area contributed by atoms with E-state index in [1.54, 1.807) is 0 Å². The van der Waals surface area contributed by atoms with Gasteiger partial charge in [0, 0.05) is 49.4 Å². The third kappa shape index (κ3) is 3.18. The van der Waals surface area contributed by atoms with Gasteiger partial charge in [-0.3, -0.25) is 0 Å². The van der Waals surface area contributed by atoms with Crippen molar-refractivity contribution in [3.8, 4) is 0 Å². The van der Waals surface area contributed by atoms with Crippen molar-refractivity contribution in [2.75, 3.05) is 56.2 Å². The lowest BCUT2D eigenvalue weighted by Gasteiger charge is -2.53. The molecular formula is C20H33N5O. The number of aryl methyl sites for hydroxylation is 1. The first-order valence-electron chi connectivity index (χ1n) is 10.3. The maximum absolute atomic E-state index is 10.1. The van der Waals surface area contributed by atoms with Gasteiger partial charge in [0.05, 0.1) is 6.61 Å². The summed E-state index contributed by atoms with van der Waals surface area (Å²) in [5.74, 6) is 1.98. The van der Waals surface area contributed by atoms with Gasteiger partial charge in [0.25, 0.3) is 0 Å². The lowest BCUT2D eigenvalue weighted by Crippen LogP contribution is -2.61. The minimum Gasteiger partial charge on any atom is -0.396 e. The highest BCUT2D eigenvalue weighted by Crippen LogP contribution is 2.42. The zero-order valence-electron chi connectivity index (χ0n) is 16.3. The molecule has 3 fully saturated rings. The topological polar surface area (TPSA) is 55.7 Å². The van der Waals surface area contributed by atoms with Crippen LogP contribution in [0.15, 0.2) is 6.07 Å². The molecule has 0 amide bonds. The summed E-state index contributed by atoms with van der Waals surface area (Å²) in [5, 5.41) is 10.1. The minimum absolute atomic E-state index is 0.0713. The average molecular weight is 360 g/mol. The number of aromatic nitrogens is 2. The third-order valence-corrected chi connectivity index (χ3v) is 6.84. The van der Waals surface area contributed by atoms with Gasteiger partial charge < -0.3 is 19.8 Å². The molecule has 3 aliphatic heterocycles. The predicted molar refractivity (Wildman–Crippen MR) is 105 cm³/mol. The quantitative estimate of drug-likeness (QED) is 0.886. The lowest BCUT2D eigenvalue weighted by atomic mass is 9.69. The summed E-state index contributed by atoms with van der Waals surface area (Å²) in [4.78, 5) is 17.0. The molecule has 26 heavy (non-hydrogen) atoms. The van der Waals surface area contributed by atoms with Crippen LogP contribution in [0.4, 0.5) is 11.8 Å². The van der Waals surface area contributed by atoms with Gasteiger partial charge in [-0.25, -0.2) is 4.98 Å². The summed E-state index contributed by atoms with van der Waals surface area (Å²) in [5.41, 5.74) is 1.20. The second kappa shape index (κ2) is 7.31. The zero-order chi connectivity index (χ0) is 18.1. The van der Waals surface area contributed by atoms with E-state index in [9.17, 15) is 5.11 Å². The van der Waals surface area contributed by atoms with Crippen LogP contribution >= 0.6 is 0 Å². The van der Waals surface area contributed by atoms with Crippen LogP contribution in [-0.4, -0.2) is 72.4 Å². The molecule has 0 bridgehead atoms. The standard InChI is InChI=1S/C20H33N5O/c1-3-16-13-18(22-19(21-16)24-10-4-5-11-24)25-12-8-20(15-26)7-6-9-23(2)17(20)14-25/h13,17,26H,3-12,14-15H2,1-2H3/t17-,20-/m1/s1. The molecule has 2 atom stereocenters. The first-order chi connectivity index (χ1) is 12.6. The van der Waals surface area contributed by atoms with Crippen molar-refractivity contribution in [3.63, 3.8) is 0 Å². The van der Waals surface area contributed by atoms with Crippen molar-refractivity contribution in [1.29, 1.82) is 0 Å². The number of aliphatic hydroxyl groups is 1. The van der Waals surface area contributed by atoms with Gasteiger partial charge >= 0.3 is 0 Å². The van der Waals surface area contributed by atoms with E-state index in [0.29, 0.717) is 12.6 Å². The van der Waals surface area contributed by atoms with E-state index in [4.69, 9.17) is 9.97 Å². The summed E-state index contributed by atoms with van der Waals surface area (Å²) in [7, 11) is 2.21. The van der Waals surface area contributed by atoms with Gasteiger partial charge in [-0.1, -0.05) is 6.92 Å². The SMILES string of the molecule is CCc1cc(N2CC[C@@]3(CO)CCCN(C)[C@@H]3C2)nc(N2CCCC2)n1. The number of hydrogen-bond acceptors (Lipinski definition) is 6. The molecule has 6 nitrogen and oxygen atoms in total. The Bertz CT molecular complexity index is 633. The maximum Gasteiger partial charge on any atom is 0.227 e. The van der Waals surface area contributed by atoms with Crippen molar-refractivity contribution in [2.45, 2.75) is 51.5 Å². The fourth-order valence-corrected chi connectivity index (χ4v) is 5.10. The van der Waals surface area contributed by atoms with Crippen LogP contribution in [0.25, 0.3) is 0 Å². The molecule has 1 aromatic rings. The molecular weight excluding hydrogens is 326 g/mol. The summed E-state index contributed by atoms with van der Waals surface area (Å²) >= 11 is 0. The molecule has 3 aliphatic rings. The van der Waals surface area contributed by atoms with Gasteiger partial charge in [-0.05, 0) is 52.1 Å². The molecule has 144 valence electrons. The Hall–Kier alpha value is -1.40. The number of fused-ring (bicyclic) bond motifs is 1. The number of likely N-dealkylation sites (tertiary alicyclic amines) is 1. The average Bonchev–Trinajstić information content (AvgIpc) is 3.22. The number of aliphatic hydroxyl groups excluding tert-OH is 1. The first kappa shape index (κ1) is 18.0. The molecule has 0 aliphatic carbocycles. The fraction of sp³-hybridized carbons (Fsp3) is 0.800. The van der Waals surface area contributed by atoms with Crippen LogP contribution in [0.5, 0.6) is 0 Å². The van der Waals surface area contributed by atoms with E-state index in [0.717, 1.165) is 69.4 Å². The molecule has 0 unspecified atom stereocenters. The third-order valence-electron chi connectivity index (χ3n) is 6.84. The molecule has 0 radical (unpaired) electrons. The lowest BCUT2D eigenvalue weighted by molar-refractivity contribution is -0.0277. The fourth-order valence-electron chi connectivity index (χ4n) is 5.10. The summed E-state index contributed by atoms with van der Waals surface area (Å²) in [6.07, 6.45) is 6.81. The van der Waals surface area contributed by atoms with E-state index in [-0.39, 0.29) is 5.41 Å². The van der Waals surface area contributed by atoms with Crippen molar-refractivity contribution in [2.24, 2.45) is 5.41 Å². The molecule has 0 spiro atoms. The van der Waals surface area contributed by atoms with Gasteiger partial charge in [0.2, 0.25) is 5.95 Å². The summed E-state index contributed by atoms with van der Waals surface area (Å²) < 4.78 is 0. The van der Waals surface area contributed by atoms with Crippen molar-refractivity contribution in [3.05, 3.63) is 11.8 Å². The van der Waals surface area contributed by atoms with Crippen molar-refractivity contribution < 1.29 is 5.11 Å². The second-order valence-corrected chi connectivity index (χ2v) is 8.38. The Labute approximate surface area is 157 Å². The summed E-state index contributed by atoms with van der Waals surface area (Å²) in [6.45, 7) is 7.68. The number of likely N-dealkylation sites (N-methyl/N-ethyl adjacent to an activating group) is 1. The zero-order valence-corrected chi connectivity index (χ0v) is 16.3. The highest BCUT2D eigenvalue weighted by atomic mass is 16.3. The monoisotopic (exact) mass is 359 g/mol. The van der Waals surface area contributed by atoms with Crippen LogP contribution < -0.4 is 9.80 Å². The molecule has 1 aromatic heterocycles. The largest absolute Gasteiger partial charge is 0.396 e. The van der Waals surface area contributed by atoms with Gasteiger partial charge in [-0.2, -0.15) is 4.98 Å². The first-order valence-corrected chi connectivity index (χ1v) is 10.3. The number of nitrogens with zero attached hydrogens (tertiary/aromatic N) is 5. The minimum atomic E-state index is 0.0713. The maximum atomic E-state index is 10.1. The normalized spacial score (nSPS) is 29.9. The molecule has 0 aromatic carbocycles. The Kier molecular flexibility index (Phi) is 5.06. The highest BCUT2D eigenvalue weighted by Gasteiger charge is 2.46. The van der Waals surface area contributed by atoms with Gasteiger partial charge in [0.15, 0.2) is 0 Å². The number of hydrogen-bond donors (Lipinski definition) is 1. The van der Waals surface area contributed by atoms with Crippen LogP contribution in [0.1, 0.15) is 44.7 Å². The van der Waals surface area contributed by atoms with Crippen LogP contribution in [0.3, 0.4) is 0 Å². The molecule has 3 saturated heterocycles. The van der Waals surface area contributed by atoms with Crippen molar-refractivity contribution >= 4 is 11.8 Å². The van der Waals surface area contributed by atoms with E-state index < -0.39 is 0 Å². The molecule has 6 heteroatoms. The van der Waals surface area contributed by atoms with E-state index in [2.05, 4.69) is 34.7 Å². The van der Waals surface area contributed by atoms with Crippen LogP contribution in [-0.2, 0) is 6.42 Å². The molecule has 0 saturated carbocycles. The number of anilines is 2. The Morgan fingerprint density at radius 3 is 2.62 bits per heavy atom. The second-order valence-electron chi connectivity index (χ2n) is 8.38. The smallest absolute Gasteiger partial charge is 0.227 e. The predicted octanol–water partition coefficient (Wildman–Crippen LogP) is 1.92. The molecule has 1 N–H and O–H groups in total. The van der Waals surface area contributed by atoms with Gasteiger partial charge in [0.1, 0.15) is 5.82 Å². The highest BCUT2D eigenvalue weighted by molar-refractivity contribution is 5.47. The van der Waals surface area contributed by atoms with Crippen LogP contribution in [0, 0.1) is 5.41 Å². The summed E-state index contributed by atoms with van der Waals surface area (Å²) in [6, 6.07) is 2.58. The number of piperidine rings is 2. The van der Waals surface area contributed by atoms with E-state index >= 15 is 0 Å². The van der Waals surface area contributed by atoms with Crippen molar-refractivity contribution in [1.82, 2.24) is 14.9 Å². The van der Waals surface area contributed by atoms with E-state index in [1.165, 1.54) is 19.3 Å². The Balaban J connectivity index is 1.60. The van der Waals surface area contributed by atoms with E-state index in [1.807, 2.05) is 0 Å². The Morgan fingerprint density at radius 2 is 1.88 bits per heavy atom. The Morgan fingerprint density at radius 1 is 1.08 bits per heavy atom.